The minimum Gasteiger partial charge on any atom is -0.491 e. The molecule has 0 atom stereocenters. The van der Waals surface area contributed by atoms with Gasteiger partial charge >= 0.3 is 0 Å². The fourth-order valence-corrected chi connectivity index (χ4v) is 3.00. The second-order valence-electron chi connectivity index (χ2n) is 6.38. The first-order chi connectivity index (χ1) is 13.6. The van der Waals surface area contributed by atoms with Crippen molar-refractivity contribution in [2.24, 2.45) is 0 Å². The molecule has 0 fully saturated rings. The van der Waals surface area contributed by atoms with Crippen molar-refractivity contribution >= 4 is 5.91 Å². The predicted octanol–water partition coefficient (Wildman–Crippen LogP) is 3.94. The van der Waals surface area contributed by atoms with Gasteiger partial charge in [0.05, 0.1) is 6.61 Å². The molecule has 0 saturated heterocycles. The zero-order valence-electron chi connectivity index (χ0n) is 15.7. The van der Waals surface area contributed by atoms with Crippen LogP contribution in [0.4, 0.5) is 8.78 Å². The number of carbonyl (C=O) groups excluding carboxylic acids is 1. The molecule has 7 heteroatoms. The Kier molecular flexibility index (Phi) is 6.68. The molecule has 0 aliphatic carbocycles. The third-order valence-corrected chi connectivity index (χ3v) is 4.43. The van der Waals surface area contributed by atoms with Crippen LogP contribution in [0, 0.1) is 11.6 Å². The predicted molar refractivity (Wildman–Crippen MR) is 99.6 cm³/mol. The van der Waals surface area contributed by atoms with E-state index in [1.165, 1.54) is 6.07 Å². The molecule has 2 aromatic rings. The summed E-state index contributed by atoms with van der Waals surface area (Å²) in [6, 6.07) is 8.80. The van der Waals surface area contributed by atoms with Crippen LogP contribution in [0.25, 0.3) is 0 Å². The van der Waals surface area contributed by atoms with Crippen molar-refractivity contribution in [2.75, 3.05) is 26.4 Å². The van der Waals surface area contributed by atoms with Crippen molar-refractivity contribution in [1.82, 2.24) is 4.90 Å². The average molecular weight is 391 g/mol. The third-order valence-electron chi connectivity index (χ3n) is 4.43. The largest absolute Gasteiger partial charge is 0.491 e. The summed E-state index contributed by atoms with van der Waals surface area (Å²) in [4.78, 5) is 14.3. The van der Waals surface area contributed by atoms with Gasteiger partial charge in [0.15, 0.2) is 23.1 Å². The molecule has 1 aliphatic heterocycles. The monoisotopic (exact) mass is 391 g/mol. The Morgan fingerprint density at radius 3 is 2.79 bits per heavy atom. The van der Waals surface area contributed by atoms with Gasteiger partial charge in [-0.25, -0.2) is 8.78 Å². The second kappa shape index (κ2) is 9.39. The van der Waals surface area contributed by atoms with Crippen LogP contribution in [0.2, 0.25) is 0 Å². The molecule has 1 heterocycles. The smallest absolute Gasteiger partial charge is 0.222 e. The van der Waals surface area contributed by atoms with Crippen LogP contribution >= 0.6 is 0 Å². The minimum absolute atomic E-state index is 0.0192. The number of hydrogen-bond donors (Lipinski definition) is 0. The van der Waals surface area contributed by atoms with E-state index in [4.69, 9.17) is 14.2 Å². The van der Waals surface area contributed by atoms with E-state index in [9.17, 15) is 13.6 Å². The summed E-state index contributed by atoms with van der Waals surface area (Å²) >= 11 is 0. The van der Waals surface area contributed by atoms with Crippen molar-refractivity contribution in [3.8, 4) is 17.2 Å². The van der Waals surface area contributed by atoms with Gasteiger partial charge in [-0.1, -0.05) is 12.1 Å². The molecule has 0 N–H and O–H groups in total. The van der Waals surface area contributed by atoms with Gasteiger partial charge in [-0.3, -0.25) is 4.79 Å². The lowest BCUT2D eigenvalue weighted by Crippen LogP contribution is -2.31. The van der Waals surface area contributed by atoms with Gasteiger partial charge in [0, 0.05) is 31.1 Å². The van der Waals surface area contributed by atoms with E-state index in [1.807, 2.05) is 25.1 Å². The lowest BCUT2D eigenvalue weighted by Gasteiger charge is -2.25. The Labute approximate surface area is 162 Å². The summed E-state index contributed by atoms with van der Waals surface area (Å²) in [5.74, 6) is -0.0694. The lowest BCUT2D eigenvalue weighted by atomic mass is 10.1. The van der Waals surface area contributed by atoms with Gasteiger partial charge in [-0.15, -0.1) is 0 Å². The lowest BCUT2D eigenvalue weighted by molar-refractivity contribution is -0.131. The molecule has 1 amide bonds. The van der Waals surface area contributed by atoms with E-state index in [0.717, 1.165) is 17.7 Å². The van der Waals surface area contributed by atoms with Crippen molar-refractivity contribution in [3.05, 3.63) is 53.6 Å². The Morgan fingerprint density at radius 1 is 1.18 bits per heavy atom. The first-order valence-corrected chi connectivity index (χ1v) is 9.31. The molecule has 0 saturated carbocycles. The average Bonchev–Trinajstić information content (AvgIpc) is 2.70. The first-order valence-electron chi connectivity index (χ1n) is 9.31. The highest BCUT2D eigenvalue weighted by atomic mass is 19.1. The highest BCUT2D eigenvalue weighted by Gasteiger charge is 2.19. The molecule has 0 radical (unpaired) electrons. The number of benzene rings is 2. The highest BCUT2D eigenvalue weighted by molar-refractivity contribution is 5.76. The Morgan fingerprint density at radius 2 is 2.00 bits per heavy atom. The topological polar surface area (TPSA) is 48.0 Å². The Balaban J connectivity index is 1.51. The fraction of sp³-hybridized carbons (Fsp3) is 0.381. The summed E-state index contributed by atoms with van der Waals surface area (Å²) in [7, 11) is 0. The third kappa shape index (κ3) is 4.91. The molecule has 3 rings (SSSR count). The van der Waals surface area contributed by atoms with E-state index in [2.05, 4.69) is 0 Å². The molecular weight excluding hydrogens is 368 g/mol. The van der Waals surface area contributed by atoms with Crippen molar-refractivity contribution in [3.63, 3.8) is 0 Å². The van der Waals surface area contributed by atoms with Gasteiger partial charge in [0.2, 0.25) is 5.91 Å². The molecule has 0 bridgehead atoms. The zero-order valence-corrected chi connectivity index (χ0v) is 15.7. The number of amides is 1. The maximum Gasteiger partial charge on any atom is 0.222 e. The summed E-state index contributed by atoms with van der Waals surface area (Å²) in [5, 5.41) is 0. The number of rotatable bonds is 8. The van der Waals surface area contributed by atoms with Crippen LogP contribution < -0.4 is 14.2 Å². The maximum absolute atomic E-state index is 13.5. The Hall–Kier alpha value is -2.83. The van der Waals surface area contributed by atoms with Crippen LogP contribution in [-0.4, -0.2) is 37.2 Å². The number of hydrogen-bond acceptors (Lipinski definition) is 4. The minimum atomic E-state index is -0.752. The first kappa shape index (κ1) is 19.9. The summed E-state index contributed by atoms with van der Waals surface area (Å²) in [5.41, 5.74) is 0.900. The molecule has 0 aromatic heterocycles. The number of para-hydroxylation sites is 1. The molecule has 2 aromatic carbocycles. The van der Waals surface area contributed by atoms with Crippen molar-refractivity contribution in [1.29, 1.82) is 0 Å². The van der Waals surface area contributed by atoms with Crippen LogP contribution in [0.3, 0.4) is 0 Å². The van der Waals surface area contributed by atoms with Crippen LogP contribution in [0.15, 0.2) is 36.4 Å². The molecule has 28 heavy (non-hydrogen) atoms. The fourth-order valence-electron chi connectivity index (χ4n) is 3.00. The molecule has 0 unspecified atom stereocenters. The summed E-state index contributed by atoms with van der Waals surface area (Å²) in [6.07, 6.45) is 0.696. The van der Waals surface area contributed by atoms with Gasteiger partial charge in [-0.05, 0) is 31.5 Å². The normalized spacial score (nSPS) is 12.5. The molecule has 1 aliphatic rings. The zero-order chi connectivity index (χ0) is 19.9. The van der Waals surface area contributed by atoms with Gasteiger partial charge < -0.3 is 19.1 Å². The molecule has 0 spiro atoms. The van der Waals surface area contributed by atoms with Crippen LogP contribution in [-0.2, 0) is 11.3 Å². The van der Waals surface area contributed by atoms with E-state index in [-0.39, 0.29) is 24.7 Å². The number of carbonyl (C=O) groups is 1. The number of fused-ring (bicyclic) bond motifs is 1. The Bertz CT molecular complexity index is 828. The van der Waals surface area contributed by atoms with Gasteiger partial charge in [0.1, 0.15) is 19.0 Å². The molecule has 150 valence electrons. The standard InChI is InChI=1S/C21H23F2NO4/c1-2-24(14-15-5-3-6-19-21(15)28-12-11-27-19)20(25)7-4-10-26-18-9-8-16(22)13-17(18)23/h3,5-6,8-9,13H,2,4,7,10-12,14H2,1H3. The number of halogens is 2. The molecule has 5 nitrogen and oxygen atoms in total. The van der Waals surface area contributed by atoms with E-state index in [1.54, 1.807) is 4.90 Å². The molecular formula is C21H23F2NO4. The van der Waals surface area contributed by atoms with E-state index in [0.29, 0.717) is 44.2 Å². The number of nitrogens with zero attached hydrogens (tertiary/aromatic N) is 1. The van der Waals surface area contributed by atoms with E-state index < -0.39 is 11.6 Å². The van der Waals surface area contributed by atoms with Gasteiger partial charge in [-0.2, -0.15) is 0 Å². The van der Waals surface area contributed by atoms with Crippen molar-refractivity contribution < 1.29 is 27.8 Å². The van der Waals surface area contributed by atoms with E-state index >= 15 is 0 Å². The quantitative estimate of drug-likeness (QED) is 0.640. The summed E-state index contributed by atoms with van der Waals surface area (Å²) < 4.78 is 43.0. The van der Waals surface area contributed by atoms with Gasteiger partial charge in [0.25, 0.3) is 0 Å². The second-order valence-corrected chi connectivity index (χ2v) is 6.38. The van der Waals surface area contributed by atoms with Crippen LogP contribution in [0.1, 0.15) is 25.3 Å². The van der Waals surface area contributed by atoms with Crippen molar-refractivity contribution in [2.45, 2.75) is 26.3 Å². The summed E-state index contributed by atoms with van der Waals surface area (Å²) in [6.45, 7) is 4.06. The SMILES string of the molecule is CCN(Cc1cccc2c1OCCO2)C(=O)CCCOc1ccc(F)cc1F. The maximum atomic E-state index is 13.5. The highest BCUT2D eigenvalue weighted by Crippen LogP contribution is 2.34. The van der Waals surface area contributed by atoms with Crippen LogP contribution in [0.5, 0.6) is 17.2 Å². The number of ether oxygens (including phenoxy) is 3.